The van der Waals surface area contributed by atoms with Crippen LogP contribution in [0.5, 0.6) is 0 Å². The maximum atomic E-state index is 5.18. The number of hydrogen-bond acceptors (Lipinski definition) is 2. The predicted octanol–water partition coefficient (Wildman–Crippen LogP) is 3.57. The molecule has 1 unspecified atom stereocenters. The summed E-state index contributed by atoms with van der Waals surface area (Å²) in [6.07, 6.45) is 15.2. The van der Waals surface area contributed by atoms with Crippen LogP contribution in [0.25, 0.3) is 0 Å². The fourth-order valence-corrected chi connectivity index (χ4v) is 1.17. The van der Waals surface area contributed by atoms with E-state index in [1.165, 1.54) is 6.20 Å². The molecule has 0 heterocycles. The van der Waals surface area contributed by atoms with E-state index in [1.54, 1.807) is 6.20 Å². The summed E-state index contributed by atoms with van der Waals surface area (Å²) in [6.45, 7) is 4.12. The van der Waals surface area contributed by atoms with Crippen molar-refractivity contribution in [2.45, 2.75) is 13.8 Å². The zero-order valence-corrected chi connectivity index (χ0v) is 11.3. The monoisotopic (exact) mass is 316 g/mol. The molecular weight excluding hydrogens is 299 g/mol. The Morgan fingerprint density at radius 3 is 2.67 bits per heavy atom. The molecule has 0 aromatic rings. The van der Waals surface area contributed by atoms with Crippen molar-refractivity contribution in [3.8, 4) is 0 Å². The Bertz CT molecular complexity index is 299. The molecule has 2 N–H and O–H groups in total. The van der Waals surface area contributed by atoms with Crippen LogP contribution in [0.3, 0.4) is 0 Å². The molecule has 2 nitrogen and oxygen atoms in total. The van der Waals surface area contributed by atoms with Gasteiger partial charge in [0.2, 0.25) is 0 Å². The number of nitrogens with two attached hydrogens (primary N) is 1. The Balaban J connectivity index is 4.15. The number of hydrogen-bond donors (Lipinski definition) is 1. The molecule has 0 aromatic heterocycles. The van der Waals surface area contributed by atoms with Gasteiger partial charge in [-0.1, -0.05) is 37.3 Å². The second-order valence-electron chi connectivity index (χ2n) is 2.92. The first kappa shape index (κ1) is 14.2. The maximum absolute atomic E-state index is 5.18. The lowest BCUT2D eigenvalue weighted by molar-refractivity contribution is 0.941. The number of nitrogens with zero attached hydrogens (tertiary/aromatic N) is 1. The van der Waals surface area contributed by atoms with Crippen LogP contribution in [0.2, 0.25) is 0 Å². The van der Waals surface area contributed by atoms with E-state index >= 15 is 0 Å². The third-order valence-electron chi connectivity index (χ3n) is 1.54. The summed E-state index contributed by atoms with van der Waals surface area (Å²) in [5.41, 5.74) is 5.18. The van der Waals surface area contributed by atoms with Crippen molar-refractivity contribution in [1.82, 2.24) is 0 Å². The number of halogens is 1. The fraction of sp³-hybridized carbons (Fsp3) is 0.250. The van der Waals surface area contributed by atoms with E-state index in [-0.39, 0.29) is 0 Å². The van der Waals surface area contributed by atoms with Crippen molar-refractivity contribution in [3.63, 3.8) is 0 Å². The normalized spacial score (nSPS) is 16.3. The Hall–Kier alpha value is -0.840. The van der Waals surface area contributed by atoms with Gasteiger partial charge in [0.05, 0.1) is 0 Å². The van der Waals surface area contributed by atoms with Crippen LogP contribution in [0.4, 0.5) is 0 Å². The van der Waals surface area contributed by atoms with Crippen molar-refractivity contribution in [1.29, 1.82) is 0 Å². The van der Waals surface area contributed by atoms with Gasteiger partial charge in [-0.05, 0) is 41.5 Å². The van der Waals surface area contributed by atoms with E-state index in [4.69, 9.17) is 5.73 Å². The molecule has 0 radical (unpaired) electrons. The molecular formula is C12H17IN2. The minimum absolute atomic E-state index is 0.406. The van der Waals surface area contributed by atoms with Crippen molar-refractivity contribution < 1.29 is 0 Å². The van der Waals surface area contributed by atoms with Crippen molar-refractivity contribution in [3.05, 3.63) is 48.9 Å². The largest absolute Gasteiger partial charge is 0.403 e. The van der Waals surface area contributed by atoms with E-state index in [1.807, 2.05) is 31.2 Å². The molecule has 82 valence electrons. The van der Waals surface area contributed by atoms with Gasteiger partial charge >= 0.3 is 0 Å². The van der Waals surface area contributed by atoms with Crippen molar-refractivity contribution >= 4 is 26.3 Å². The summed E-state index contributed by atoms with van der Waals surface area (Å²) in [4.78, 5) is 4.08. The SMILES string of the molecule is C/C=C\C=C/C(C)\C=C/C(I)=N\C=C/N. The lowest BCUT2D eigenvalue weighted by Gasteiger charge is -1.95. The minimum atomic E-state index is 0.406. The smallest absolute Gasteiger partial charge is 0.101 e. The fourth-order valence-electron chi connectivity index (χ4n) is 0.803. The Labute approximate surface area is 105 Å². The summed E-state index contributed by atoms with van der Waals surface area (Å²) in [6, 6.07) is 0. The lowest BCUT2D eigenvalue weighted by atomic mass is 10.1. The topological polar surface area (TPSA) is 38.4 Å². The standard InChI is InChI=1S/C12H17IN2/c1-3-4-5-6-11(2)7-8-12(13)15-10-9-14/h3-11H,14H2,1-2H3/b4-3-,6-5-,8-7-,10-9-,15-12+. The van der Waals surface area contributed by atoms with Gasteiger partial charge in [0.1, 0.15) is 3.72 Å². The first-order valence-electron chi connectivity index (χ1n) is 4.78. The van der Waals surface area contributed by atoms with Gasteiger partial charge in [-0.3, -0.25) is 0 Å². The summed E-state index contributed by atoms with van der Waals surface area (Å²) < 4.78 is 0.917. The van der Waals surface area contributed by atoms with E-state index < -0.39 is 0 Å². The predicted molar refractivity (Wildman–Crippen MR) is 77.0 cm³/mol. The lowest BCUT2D eigenvalue weighted by Crippen LogP contribution is -1.85. The minimum Gasteiger partial charge on any atom is -0.403 e. The molecule has 0 saturated heterocycles. The van der Waals surface area contributed by atoms with E-state index in [2.05, 4.69) is 46.7 Å². The summed E-state index contributed by atoms with van der Waals surface area (Å²) in [5, 5.41) is 0. The summed E-state index contributed by atoms with van der Waals surface area (Å²) in [7, 11) is 0. The second-order valence-corrected chi connectivity index (χ2v) is 4.03. The molecule has 0 bridgehead atoms. The molecule has 0 aromatic carbocycles. The maximum Gasteiger partial charge on any atom is 0.101 e. The Morgan fingerprint density at radius 2 is 2.07 bits per heavy atom. The molecule has 0 aliphatic rings. The highest BCUT2D eigenvalue weighted by Crippen LogP contribution is 2.02. The van der Waals surface area contributed by atoms with Crippen LogP contribution in [0, 0.1) is 5.92 Å². The van der Waals surface area contributed by atoms with E-state index in [9.17, 15) is 0 Å². The van der Waals surface area contributed by atoms with Crippen molar-refractivity contribution in [2.24, 2.45) is 16.6 Å². The van der Waals surface area contributed by atoms with E-state index in [0.717, 1.165) is 3.72 Å². The van der Waals surface area contributed by atoms with Gasteiger partial charge in [-0.2, -0.15) is 0 Å². The highest BCUT2D eigenvalue weighted by atomic mass is 127. The van der Waals surface area contributed by atoms with Gasteiger partial charge in [0.25, 0.3) is 0 Å². The summed E-state index contributed by atoms with van der Waals surface area (Å²) >= 11 is 2.16. The van der Waals surface area contributed by atoms with Crippen LogP contribution in [-0.2, 0) is 0 Å². The third kappa shape index (κ3) is 9.46. The van der Waals surface area contributed by atoms with Crippen LogP contribution in [-0.4, -0.2) is 3.72 Å². The first-order chi connectivity index (χ1) is 7.20. The van der Waals surface area contributed by atoms with Gasteiger partial charge < -0.3 is 5.73 Å². The first-order valence-corrected chi connectivity index (χ1v) is 5.86. The molecule has 0 fully saturated rings. The third-order valence-corrected chi connectivity index (χ3v) is 2.18. The molecule has 0 aliphatic heterocycles. The number of allylic oxidation sites excluding steroid dienone is 6. The molecule has 0 amide bonds. The molecule has 1 atom stereocenters. The number of aliphatic imine (C=N–C) groups is 1. The zero-order valence-electron chi connectivity index (χ0n) is 9.10. The van der Waals surface area contributed by atoms with Gasteiger partial charge in [0.15, 0.2) is 0 Å². The molecule has 15 heavy (non-hydrogen) atoms. The molecule has 0 spiro atoms. The molecule has 0 rings (SSSR count). The molecule has 0 aliphatic carbocycles. The average molecular weight is 316 g/mol. The highest BCUT2D eigenvalue weighted by molar-refractivity contribution is 14.1. The molecule has 0 saturated carbocycles. The Morgan fingerprint density at radius 1 is 1.33 bits per heavy atom. The van der Waals surface area contributed by atoms with Gasteiger partial charge in [0, 0.05) is 12.4 Å². The van der Waals surface area contributed by atoms with Crippen LogP contribution in [0.1, 0.15) is 13.8 Å². The van der Waals surface area contributed by atoms with Gasteiger partial charge in [-0.25, -0.2) is 4.99 Å². The van der Waals surface area contributed by atoms with Crippen LogP contribution >= 0.6 is 22.6 Å². The zero-order chi connectivity index (χ0) is 11.5. The summed E-state index contributed by atoms with van der Waals surface area (Å²) in [5.74, 6) is 0.406. The highest BCUT2D eigenvalue weighted by Gasteiger charge is 1.89. The molecule has 3 heteroatoms. The van der Waals surface area contributed by atoms with E-state index in [0.29, 0.717) is 5.92 Å². The Kier molecular flexibility index (Phi) is 9.16. The van der Waals surface area contributed by atoms with Crippen LogP contribution < -0.4 is 5.73 Å². The van der Waals surface area contributed by atoms with Crippen LogP contribution in [0.15, 0.2) is 53.8 Å². The quantitative estimate of drug-likeness (QED) is 0.470. The second kappa shape index (κ2) is 9.71. The number of rotatable bonds is 5. The van der Waals surface area contributed by atoms with Gasteiger partial charge in [-0.15, -0.1) is 0 Å². The average Bonchev–Trinajstić information content (AvgIpc) is 2.24. The van der Waals surface area contributed by atoms with Crippen molar-refractivity contribution in [2.75, 3.05) is 0 Å².